The molecule has 0 aliphatic rings. The number of amides is 1. The standard InChI is InChI=1S/C10H11N3O4/c11-8(6-9(14)15)10(16)13(12-17)7-4-2-1-3-5-7/h1-5,8H,6,11H2,(H,14,15)/q+1/t8-/m0/s1. The highest BCUT2D eigenvalue weighted by atomic mass is 16.4. The maximum Gasteiger partial charge on any atom is 0.494 e. The Morgan fingerprint density at radius 3 is 2.41 bits per heavy atom. The van der Waals surface area contributed by atoms with Crippen molar-refractivity contribution in [2.45, 2.75) is 12.5 Å². The normalized spacial score (nSPS) is 11.6. The van der Waals surface area contributed by atoms with E-state index < -0.39 is 24.3 Å². The molecule has 0 spiro atoms. The Balaban J connectivity index is 2.85. The number of carboxylic acids is 1. The second kappa shape index (κ2) is 5.71. The third kappa shape index (κ3) is 3.35. The summed E-state index contributed by atoms with van der Waals surface area (Å²) >= 11 is 0. The zero-order valence-electron chi connectivity index (χ0n) is 8.81. The second-order valence-electron chi connectivity index (χ2n) is 3.27. The Kier molecular flexibility index (Phi) is 4.29. The molecular formula is C10H11N3O4+. The van der Waals surface area contributed by atoms with E-state index in [1.54, 1.807) is 18.2 Å². The minimum absolute atomic E-state index is 0.244. The number of rotatable bonds is 5. The molecule has 0 aliphatic carbocycles. The van der Waals surface area contributed by atoms with Gasteiger partial charge in [-0.3, -0.25) is 9.59 Å². The van der Waals surface area contributed by atoms with E-state index in [0.29, 0.717) is 5.01 Å². The lowest BCUT2D eigenvalue weighted by atomic mass is 10.2. The second-order valence-corrected chi connectivity index (χ2v) is 3.27. The fourth-order valence-corrected chi connectivity index (χ4v) is 1.22. The van der Waals surface area contributed by atoms with Crippen molar-refractivity contribution in [3.63, 3.8) is 0 Å². The topological polar surface area (TPSA) is 115 Å². The number of nitrogens with zero attached hydrogens (tertiary/aromatic N) is 2. The average Bonchev–Trinajstić information content (AvgIpc) is 2.30. The SMILES string of the molecule is N[C@@H](CC(=O)O)C(=O)N([N+]=O)c1ccccc1. The van der Waals surface area contributed by atoms with Crippen LogP contribution in [-0.4, -0.2) is 23.0 Å². The molecule has 0 aliphatic heterocycles. The number of hydrogen-bond acceptors (Lipinski definition) is 5. The number of hydrogen-bond donors (Lipinski definition) is 2. The van der Waals surface area contributed by atoms with E-state index in [0.717, 1.165) is 0 Å². The molecule has 17 heavy (non-hydrogen) atoms. The van der Waals surface area contributed by atoms with Crippen molar-refractivity contribution in [3.8, 4) is 0 Å². The fraction of sp³-hybridized carbons (Fsp3) is 0.200. The van der Waals surface area contributed by atoms with Gasteiger partial charge in [-0.05, 0) is 12.1 Å². The van der Waals surface area contributed by atoms with E-state index in [9.17, 15) is 14.5 Å². The first kappa shape index (κ1) is 12.8. The van der Waals surface area contributed by atoms with E-state index in [1.165, 1.54) is 12.1 Å². The van der Waals surface area contributed by atoms with Gasteiger partial charge in [0.1, 0.15) is 16.6 Å². The summed E-state index contributed by atoms with van der Waals surface area (Å²) in [6.07, 6.45) is -0.558. The Labute approximate surface area is 96.8 Å². The predicted molar refractivity (Wildman–Crippen MR) is 59.7 cm³/mol. The number of aliphatic carboxylic acids is 1. The molecule has 1 aromatic carbocycles. The average molecular weight is 237 g/mol. The molecule has 0 aromatic heterocycles. The van der Waals surface area contributed by atoms with Crippen LogP contribution in [0.25, 0.3) is 0 Å². The van der Waals surface area contributed by atoms with Gasteiger partial charge >= 0.3 is 17.2 Å². The quantitative estimate of drug-likeness (QED) is 0.690. The number of nitroso groups, excluding NO2 is 1. The first-order chi connectivity index (χ1) is 8.06. The number of carbonyl (C=O) groups excluding carboxylic acids is 1. The highest BCUT2D eigenvalue weighted by molar-refractivity contribution is 5.97. The summed E-state index contributed by atoms with van der Waals surface area (Å²) in [4.78, 5) is 32.6. The number of nitrogens with two attached hydrogens (primary N) is 1. The van der Waals surface area contributed by atoms with Crippen molar-refractivity contribution in [2.24, 2.45) is 5.73 Å². The number of carboxylic acid groups (broad SMARTS) is 1. The molecule has 89 valence electrons. The zero-order chi connectivity index (χ0) is 12.8. The third-order valence-electron chi connectivity index (χ3n) is 2.00. The molecule has 3 N–H and O–H groups in total. The Bertz CT molecular complexity index is 421. The van der Waals surface area contributed by atoms with Crippen molar-refractivity contribution < 1.29 is 14.7 Å². The van der Waals surface area contributed by atoms with Gasteiger partial charge < -0.3 is 10.8 Å². The molecule has 1 aromatic rings. The van der Waals surface area contributed by atoms with Gasteiger partial charge in [0.2, 0.25) is 0 Å². The van der Waals surface area contributed by atoms with Gasteiger partial charge in [-0.15, -0.1) is 0 Å². The number of carbonyl (C=O) groups is 2. The van der Waals surface area contributed by atoms with Crippen molar-refractivity contribution in [1.82, 2.24) is 5.29 Å². The lowest BCUT2D eigenvalue weighted by Gasteiger charge is -2.08. The first-order valence-corrected chi connectivity index (χ1v) is 4.76. The van der Waals surface area contributed by atoms with Gasteiger partial charge in [0.25, 0.3) is 0 Å². The van der Waals surface area contributed by atoms with Crippen molar-refractivity contribution in [3.05, 3.63) is 35.2 Å². The van der Waals surface area contributed by atoms with Crippen LogP contribution in [0.5, 0.6) is 0 Å². The van der Waals surface area contributed by atoms with Gasteiger partial charge in [-0.25, -0.2) is 0 Å². The number of anilines is 1. The molecule has 1 rings (SSSR count). The highest BCUT2D eigenvalue weighted by Gasteiger charge is 2.33. The Morgan fingerprint density at radius 1 is 1.35 bits per heavy atom. The Hall–Kier alpha value is -2.28. The Morgan fingerprint density at radius 2 is 1.94 bits per heavy atom. The molecule has 0 fully saturated rings. The van der Waals surface area contributed by atoms with E-state index in [-0.39, 0.29) is 5.69 Å². The van der Waals surface area contributed by atoms with Crippen molar-refractivity contribution in [1.29, 1.82) is 0 Å². The minimum Gasteiger partial charge on any atom is -0.481 e. The molecule has 1 atom stereocenters. The maximum atomic E-state index is 11.7. The smallest absolute Gasteiger partial charge is 0.481 e. The van der Waals surface area contributed by atoms with Crippen molar-refractivity contribution >= 4 is 17.6 Å². The monoisotopic (exact) mass is 237 g/mol. The third-order valence-corrected chi connectivity index (χ3v) is 2.00. The van der Waals surface area contributed by atoms with E-state index in [1.807, 2.05) is 0 Å². The van der Waals surface area contributed by atoms with E-state index in [4.69, 9.17) is 10.8 Å². The van der Waals surface area contributed by atoms with E-state index in [2.05, 4.69) is 5.29 Å². The molecule has 0 saturated heterocycles. The summed E-state index contributed by atoms with van der Waals surface area (Å²) in [5.41, 5.74) is 5.60. The van der Waals surface area contributed by atoms with Gasteiger partial charge in [0, 0.05) is 5.01 Å². The van der Waals surface area contributed by atoms with E-state index >= 15 is 0 Å². The van der Waals surface area contributed by atoms with Crippen LogP contribution in [0.15, 0.2) is 30.3 Å². The highest BCUT2D eigenvalue weighted by Crippen LogP contribution is 2.12. The van der Waals surface area contributed by atoms with Crippen LogP contribution in [0.4, 0.5) is 5.69 Å². The molecule has 1 amide bonds. The summed E-state index contributed by atoms with van der Waals surface area (Å²) in [7, 11) is 0. The van der Waals surface area contributed by atoms with Crippen LogP contribution < -0.4 is 16.0 Å². The number of para-hydroxylation sites is 1. The molecule has 7 heteroatoms. The van der Waals surface area contributed by atoms with Gasteiger partial charge in [0.15, 0.2) is 0 Å². The van der Waals surface area contributed by atoms with Crippen LogP contribution in [0, 0.1) is 4.91 Å². The summed E-state index contributed by atoms with van der Waals surface area (Å²) in [5.74, 6) is -2.07. The fourth-order valence-electron chi connectivity index (χ4n) is 1.22. The molecule has 0 heterocycles. The minimum atomic E-state index is -1.30. The maximum absolute atomic E-state index is 11.7. The van der Waals surface area contributed by atoms with Crippen LogP contribution >= 0.6 is 0 Å². The molecule has 0 bridgehead atoms. The van der Waals surface area contributed by atoms with Crippen molar-refractivity contribution in [2.75, 3.05) is 5.01 Å². The molecule has 0 unspecified atom stereocenters. The van der Waals surface area contributed by atoms with Crippen LogP contribution in [0.1, 0.15) is 6.42 Å². The van der Waals surface area contributed by atoms with Crippen LogP contribution in [0.2, 0.25) is 0 Å². The summed E-state index contributed by atoms with van der Waals surface area (Å²) in [5, 5.41) is 11.6. The molecular weight excluding hydrogens is 226 g/mol. The first-order valence-electron chi connectivity index (χ1n) is 4.76. The molecule has 0 saturated carbocycles. The predicted octanol–water partition coefficient (Wildman–Crippen LogP) is -0.161. The zero-order valence-corrected chi connectivity index (χ0v) is 8.81. The van der Waals surface area contributed by atoms with Gasteiger partial charge in [-0.1, -0.05) is 18.2 Å². The lowest BCUT2D eigenvalue weighted by Crippen LogP contribution is -2.45. The summed E-state index contributed by atoms with van der Waals surface area (Å²) in [6, 6.07) is 6.62. The van der Waals surface area contributed by atoms with Crippen LogP contribution in [0.3, 0.4) is 0 Å². The summed E-state index contributed by atoms with van der Waals surface area (Å²) in [6.45, 7) is 0. The largest absolute Gasteiger partial charge is 0.494 e. The van der Waals surface area contributed by atoms with Gasteiger partial charge in [-0.2, -0.15) is 0 Å². The number of benzene rings is 1. The lowest BCUT2D eigenvalue weighted by molar-refractivity contribution is -0.139. The molecule has 1 radical (unpaired) electrons. The summed E-state index contributed by atoms with van der Waals surface area (Å²) < 4.78 is 0. The van der Waals surface area contributed by atoms with Gasteiger partial charge in [0.05, 0.1) is 6.42 Å². The molecule has 7 nitrogen and oxygen atoms in total. The van der Waals surface area contributed by atoms with Crippen LogP contribution in [-0.2, 0) is 9.59 Å².